The third-order valence-electron chi connectivity index (χ3n) is 4.90. The Hall–Kier alpha value is -1.30. The number of carboxylic acids is 1. The Labute approximate surface area is 126 Å². The van der Waals surface area contributed by atoms with Gasteiger partial charge in [-0.2, -0.15) is 0 Å². The van der Waals surface area contributed by atoms with Gasteiger partial charge >= 0.3 is 12.0 Å². The van der Waals surface area contributed by atoms with E-state index in [9.17, 15) is 9.59 Å². The molecule has 0 spiro atoms. The number of rotatable bonds is 2. The molecule has 2 aliphatic rings. The summed E-state index contributed by atoms with van der Waals surface area (Å²) >= 11 is 0. The number of nitrogens with zero attached hydrogens (tertiary/aromatic N) is 2. The van der Waals surface area contributed by atoms with Gasteiger partial charge in [-0.25, -0.2) is 9.80 Å². The van der Waals surface area contributed by atoms with Crippen molar-refractivity contribution in [3.8, 4) is 0 Å². The molecule has 0 aromatic heterocycles. The second-order valence-electron chi connectivity index (χ2n) is 6.56. The fraction of sp³-hybridized carbons (Fsp3) is 0.867. The molecule has 2 heterocycles. The van der Waals surface area contributed by atoms with E-state index in [1.54, 1.807) is 4.90 Å². The van der Waals surface area contributed by atoms with E-state index in [2.05, 4.69) is 24.3 Å². The number of urea groups is 1. The van der Waals surface area contributed by atoms with Gasteiger partial charge in [0, 0.05) is 24.7 Å². The summed E-state index contributed by atoms with van der Waals surface area (Å²) in [5.74, 6) is -1.07. The first-order valence-electron chi connectivity index (χ1n) is 7.98. The molecule has 2 amide bonds. The van der Waals surface area contributed by atoms with Crippen LogP contribution in [-0.4, -0.2) is 51.7 Å². The van der Waals surface area contributed by atoms with Crippen LogP contribution in [0.2, 0.25) is 0 Å². The highest BCUT2D eigenvalue weighted by atomic mass is 16.4. The fourth-order valence-corrected chi connectivity index (χ4v) is 3.51. The first kappa shape index (κ1) is 16.1. The summed E-state index contributed by atoms with van der Waals surface area (Å²) in [6, 6.07) is 0.580. The first-order chi connectivity index (χ1) is 9.90. The number of hydrogen-bond acceptors (Lipinski definition) is 3. The molecule has 120 valence electrons. The molecule has 0 aromatic carbocycles. The number of nitrogens with one attached hydrogen (secondary N) is 1. The Morgan fingerprint density at radius 2 is 1.67 bits per heavy atom. The predicted octanol–water partition coefficient (Wildman–Crippen LogP) is 2.06. The summed E-state index contributed by atoms with van der Waals surface area (Å²) in [6.45, 7) is 6.71. The van der Waals surface area contributed by atoms with E-state index in [-0.39, 0.29) is 18.0 Å². The molecule has 2 rings (SSSR count). The molecule has 2 aliphatic heterocycles. The van der Waals surface area contributed by atoms with Crippen LogP contribution in [0.15, 0.2) is 0 Å². The van der Waals surface area contributed by atoms with Crippen molar-refractivity contribution >= 4 is 12.0 Å². The van der Waals surface area contributed by atoms with Crippen LogP contribution in [0.1, 0.15) is 52.9 Å². The van der Waals surface area contributed by atoms with Gasteiger partial charge in [0.1, 0.15) is 0 Å². The summed E-state index contributed by atoms with van der Waals surface area (Å²) in [4.78, 5) is 25.3. The number of likely N-dealkylation sites (tertiary alicyclic amines) is 1. The lowest BCUT2D eigenvalue weighted by atomic mass is 9.92. The van der Waals surface area contributed by atoms with Crippen molar-refractivity contribution in [3.63, 3.8) is 0 Å². The van der Waals surface area contributed by atoms with E-state index >= 15 is 0 Å². The predicted molar refractivity (Wildman–Crippen MR) is 79.7 cm³/mol. The van der Waals surface area contributed by atoms with Crippen LogP contribution < -0.4 is 5.43 Å². The van der Waals surface area contributed by atoms with Crippen molar-refractivity contribution in [2.24, 2.45) is 5.92 Å². The van der Waals surface area contributed by atoms with Gasteiger partial charge in [0.25, 0.3) is 0 Å². The molecule has 0 aromatic rings. The van der Waals surface area contributed by atoms with E-state index in [0.717, 1.165) is 12.8 Å². The lowest BCUT2D eigenvalue weighted by molar-refractivity contribution is -0.143. The number of hydrogen-bond donors (Lipinski definition) is 2. The normalized spacial score (nSPS) is 34.5. The van der Waals surface area contributed by atoms with Gasteiger partial charge in [-0.15, -0.1) is 0 Å². The molecule has 6 nitrogen and oxygen atoms in total. The molecule has 2 fully saturated rings. The first-order valence-corrected chi connectivity index (χ1v) is 7.98. The molecule has 0 saturated carbocycles. The minimum Gasteiger partial charge on any atom is -0.481 e. The van der Waals surface area contributed by atoms with Gasteiger partial charge < -0.3 is 10.0 Å². The van der Waals surface area contributed by atoms with Crippen LogP contribution in [0.4, 0.5) is 4.79 Å². The average Bonchev–Trinajstić information content (AvgIpc) is 2.42. The van der Waals surface area contributed by atoms with Gasteiger partial charge in [-0.05, 0) is 46.5 Å². The summed E-state index contributed by atoms with van der Waals surface area (Å²) < 4.78 is 0. The Morgan fingerprint density at radius 3 is 2.19 bits per heavy atom. The Kier molecular flexibility index (Phi) is 5.08. The molecule has 0 radical (unpaired) electrons. The third kappa shape index (κ3) is 3.67. The molecular formula is C15H27N3O3. The lowest BCUT2D eigenvalue weighted by Crippen LogP contribution is -2.59. The third-order valence-corrected chi connectivity index (χ3v) is 4.90. The second kappa shape index (κ2) is 6.64. The molecule has 4 unspecified atom stereocenters. The summed E-state index contributed by atoms with van der Waals surface area (Å²) in [5, 5.41) is 11.1. The van der Waals surface area contributed by atoms with Crippen molar-refractivity contribution < 1.29 is 14.7 Å². The zero-order valence-electron chi connectivity index (χ0n) is 13.2. The molecule has 2 saturated heterocycles. The molecule has 2 N–H and O–H groups in total. The van der Waals surface area contributed by atoms with E-state index in [1.807, 2.05) is 6.92 Å². The van der Waals surface area contributed by atoms with E-state index in [0.29, 0.717) is 31.5 Å². The Morgan fingerprint density at radius 1 is 1.05 bits per heavy atom. The van der Waals surface area contributed by atoms with Crippen molar-refractivity contribution in [1.82, 2.24) is 15.3 Å². The zero-order chi connectivity index (χ0) is 15.6. The van der Waals surface area contributed by atoms with E-state index in [4.69, 9.17) is 5.11 Å². The fourth-order valence-electron chi connectivity index (χ4n) is 3.51. The van der Waals surface area contributed by atoms with Crippen molar-refractivity contribution in [1.29, 1.82) is 0 Å². The SMILES string of the molecule is CC1CC(C(=O)O)CCN1C(=O)NN1C(C)CCCC1C. The smallest absolute Gasteiger partial charge is 0.332 e. The largest absolute Gasteiger partial charge is 0.481 e. The average molecular weight is 297 g/mol. The maximum Gasteiger partial charge on any atom is 0.332 e. The minimum atomic E-state index is -0.750. The molecule has 6 heteroatoms. The summed E-state index contributed by atoms with van der Waals surface area (Å²) in [7, 11) is 0. The van der Waals surface area contributed by atoms with Crippen molar-refractivity contribution in [2.75, 3.05) is 6.54 Å². The molecule has 21 heavy (non-hydrogen) atoms. The van der Waals surface area contributed by atoms with Gasteiger partial charge in [-0.1, -0.05) is 6.42 Å². The number of carbonyl (C=O) groups is 2. The topological polar surface area (TPSA) is 72.9 Å². The monoisotopic (exact) mass is 297 g/mol. The number of piperidine rings is 2. The highest BCUT2D eigenvalue weighted by Crippen LogP contribution is 2.24. The molecule has 4 atom stereocenters. The highest BCUT2D eigenvalue weighted by Gasteiger charge is 2.34. The quantitative estimate of drug-likeness (QED) is 0.818. The summed E-state index contributed by atoms with van der Waals surface area (Å²) in [6.07, 6.45) is 4.48. The standard InChI is InChI=1S/C15H27N3O3/c1-10-5-4-6-11(2)18(10)16-15(21)17-8-7-13(14(19)20)9-12(17)3/h10-13H,4-9H2,1-3H3,(H,16,21)(H,19,20). The van der Waals surface area contributed by atoms with Crippen molar-refractivity contribution in [3.05, 3.63) is 0 Å². The van der Waals surface area contributed by atoms with Crippen LogP contribution in [0.25, 0.3) is 0 Å². The van der Waals surface area contributed by atoms with Gasteiger partial charge in [0.2, 0.25) is 0 Å². The van der Waals surface area contributed by atoms with Crippen LogP contribution in [0, 0.1) is 5.92 Å². The van der Waals surface area contributed by atoms with Crippen molar-refractivity contribution in [2.45, 2.75) is 71.0 Å². The molecule has 0 aliphatic carbocycles. The van der Waals surface area contributed by atoms with Gasteiger partial charge in [-0.3, -0.25) is 10.2 Å². The number of carboxylic acid groups (broad SMARTS) is 1. The van der Waals surface area contributed by atoms with Crippen LogP contribution in [0.3, 0.4) is 0 Å². The van der Waals surface area contributed by atoms with Gasteiger partial charge in [0.05, 0.1) is 5.92 Å². The zero-order valence-corrected chi connectivity index (χ0v) is 13.2. The molecule has 0 bridgehead atoms. The van der Waals surface area contributed by atoms with Gasteiger partial charge in [0.15, 0.2) is 0 Å². The minimum absolute atomic E-state index is 0.0322. The Balaban J connectivity index is 1.93. The highest BCUT2D eigenvalue weighted by molar-refractivity contribution is 5.75. The van der Waals surface area contributed by atoms with E-state index in [1.165, 1.54) is 6.42 Å². The number of amides is 2. The maximum atomic E-state index is 12.5. The number of carbonyl (C=O) groups excluding carboxylic acids is 1. The number of hydrazine groups is 1. The van der Waals surface area contributed by atoms with E-state index < -0.39 is 5.97 Å². The second-order valence-corrected chi connectivity index (χ2v) is 6.56. The van der Waals surface area contributed by atoms with Crippen LogP contribution in [0.5, 0.6) is 0 Å². The van der Waals surface area contributed by atoms with Crippen LogP contribution >= 0.6 is 0 Å². The lowest BCUT2D eigenvalue weighted by Gasteiger charge is -2.42. The summed E-state index contributed by atoms with van der Waals surface area (Å²) in [5.41, 5.74) is 3.04. The molecular weight excluding hydrogens is 270 g/mol. The number of aliphatic carboxylic acids is 1. The van der Waals surface area contributed by atoms with Crippen LogP contribution in [-0.2, 0) is 4.79 Å². The maximum absolute atomic E-state index is 12.5. The Bertz CT molecular complexity index is 392.